The van der Waals surface area contributed by atoms with Gasteiger partial charge in [-0.3, -0.25) is 0 Å². The van der Waals surface area contributed by atoms with E-state index in [4.69, 9.17) is 10.2 Å². The summed E-state index contributed by atoms with van der Waals surface area (Å²) < 4.78 is 0. The van der Waals surface area contributed by atoms with E-state index in [1.807, 2.05) is 0 Å². The molecule has 0 aliphatic heterocycles. The van der Waals surface area contributed by atoms with E-state index in [1.54, 1.807) is 0 Å². The number of hydrogen-bond acceptors (Lipinski definition) is 2. The highest BCUT2D eigenvalue weighted by molar-refractivity contribution is 5.89. The maximum atomic E-state index is 9.55. The molecule has 0 spiro atoms. The summed E-state index contributed by atoms with van der Waals surface area (Å²) in [4.78, 5) is 19.1. The average Bonchev–Trinajstić information content (AvgIpc) is 1.61. The van der Waals surface area contributed by atoms with Gasteiger partial charge < -0.3 is 10.2 Å². The van der Waals surface area contributed by atoms with Crippen molar-refractivity contribution >= 4 is 22.9 Å². The Hall–Kier alpha value is -1.10. The monoisotopic (exact) mass is 148 g/mol. The van der Waals surface area contributed by atoms with E-state index >= 15 is 0 Å². The number of hydrogen-bond donors (Lipinski definition) is 2. The zero-order valence-corrected chi connectivity index (χ0v) is 3.87. The summed E-state index contributed by atoms with van der Waals surface area (Å²) in [5, 5.41) is 15.6. The second-order valence-corrected chi connectivity index (χ2v) is 1.01. The SMILES string of the molecule is O=C(O)/C=C/C(=O)O.[SiH4]. The van der Waals surface area contributed by atoms with Gasteiger partial charge in [0.1, 0.15) is 0 Å². The van der Waals surface area contributed by atoms with Crippen LogP contribution in [0.25, 0.3) is 0 Å². The van der Waals surface area contributed by atoms with Crippen molar-refractivity contribution in [3.05, 3.63) is 12.2 Å². The van der Waals surface area contributed by atoms with E-state index < -0.39 is 11.9 Å². The molecule has 0 amide bonds. The Labute approximate surface area is 55.8 Å². The van der Waals surface area contributed by atoms with Crippen LogP contribution in [0, 0.1) is 0 Å². The molecule has 0 saturated heterocycles. The van der Waals surface area contributed by atoms with Crippen LogP contribution in [0.5, 0.6) is 0 Å². The summed E-state index contributed by atoms with van der Waals surface area (Å²) in [5.74, 6) is -2.51. The summed E-state index contributed by atoms with van der Waals surface area (Å²) in [6, 6.07) is 0. The lowest BCUT2D eigenvalue weighted by Crippen LogP contribution is -1.91. The van der Waals surface area contributed by atoms with Crippen molar-refractivity contribution < 1.29 is 19.8 Å². The molecular weight excluding hydrogens is 140 g/mol. The van der Waals surface area contributed by atoms with Crippen LogP contribution in [0.2, 0.25) is 0 Å². The number of aliphatic carboxylic acids is 2. The van der Waals surface area contributed by atoms with Crippen molar-refractivity contribution in [2.75, 3.05) is 0 Å². The lowest BCUT2D eigenvalue weighted by molar-refractivity contribution is -0.134. The quantitative estimate of drug-likeness (QED) is 0.360. The van der Waals surface area contributed by atoms with E-state index in [9.17, 15) is 9.59 Å². The highest BCUT2D eigenvalue weighted by Gasteiger charge is 1.88. The van der Waals surface area contributed by atoms with Crippen molar-refractivity contribution in [2.45, 2.75) is 0 Å². The molecule has 0 unspecified atom stereocenters. The lowest BCUT2D eigenvalue weighted by Gasteiger charge is -1.74. The molecule has 0 aliphatic carbocycles. The highest BCUT2D eigenvalue weighted by Crippen LogP contribution is 1.70. The Balaban J connectivity index is 0. The molecule has 2 N–H and O–H groups in total. The molecule has 0 aromatic rings. The second-order valence-electron chi connectivity index (χ2n) is 1.01. The van der Waals surface area contributed by atoms with Gasteiger partial charge in [0.15, 0.2) is 0 Å². The molecular formula is C4H8O4Si. The van der Waals surface area contributed by atoms with Gasteiger partial charge in [-0.15, -0.1) is 0 Å². The van der Waals surface area contributed by atoms with Crippen LogP contribution in [0.3, 0.4) is 0 Å². The van der Waals surface area contributed by atoms with Gasteiger partial charge in [-0.2, -0.15) is 0 Å². The zero-order chi connectivity index (χ0) is 6.57. The normalized spacial score (nSPS) is 8.44. The first-order chi connectivity index (χ1) is 3.63. The first-order valence-corrected chi connectivity index (χ1v) is 1.77. The van der Waals surface area contributed by atoms with Crippen molar-refractivity contribution in [1.29, 1.82) is 0 Å². The van der Waals surface area contributed by atoms with E-state index in [0.717, 1.165) is 0 Å². The van der Waals surface area contributed by atoms with E-state index in [-0.39, 0.29) is 11.0 Å². The van der Waals surface area contributed by atoms with Crippen LogP contribution in [-0.4, -0.2) is 33.1 Å². The highest BCUT2D eigenvalue weighted by atomic mass is 28.1. The smallest absolute Gasteiger partial charge is 0.328 e. The van der Waals surface area contributed by atoms with Crippen LogP contribution < -0.4 is 0 Å². The minimum atomic E-state index is -1.26. The minimum absolute atomic E-state index is 0. The Morgan fingerprint density at radius 1 is 1.00 bits per heavy atom. The van der Waals surface area contributed by atoms with E-state index in [2.05, 4.69) is 0 Å². The third-order valence-electron chi connectivity index (χ3n) is 0.368. The van der Waals surface area contributed by atoms with Crippen molar-refractivity contribution in [3.8, 4) is 0 Å². The first kappa shape index (κ1) is 10.8. The third-order valence-corrected chi connectivity index (χ3v) is 0.368. The van der Waals surface area contributed by atoms with Gasteiger partial charge in [-0.25, -0.2) is 9.59 Å². The van der Waals surface area contributed by atoms with Crippen LogP contribution in [0.1, 0.15) is 0 Å². The topological polar surface area (TPSA) is 74.6 Å². The number of carboxylic acid groups (broad SMARTS) is 2. The summed E-state index contributed by atoms with van der Waals surface area (Å²) >= 11 is 0. The number of carboxylic acids is 2. The summed E-state index contributed by atoms with van der Waals surface area (Å²) in [7, 11) is 0. The Bertz CT molecular complexity index is 124. The largest absolute Gasteiger partial charge is 0.478 e. The van der Waals surface area contributed by atoms with Crippen LogP contribution in [0.15, 0.2) is 12.2 Å². The molecule has 0 fully saturated rings. The molecule has 4 nitrogen and oxygen atoms in total. The predicted octanol–water partition coefficient (Wildman–Crippen LogP) is -1.74. The molecule has 0 rings (SSSR count). The van der Waals surface area contributed by atoms with Gasteiger partial charge in [0.25, 0.3) is 0 Å². The van der Waals surface area contributed by atoms with Crippen molar-refractivity contribution in [2.24, 2.45) is 0 Å². The van der Waals surface area contributed by atoms with Gasteiger partial charge in [0.05, 0.1) is 0 Å². The maximum absolute atomic E-state index is 9.55. The minimum Gasteiger partial charge on any atom is -0.478 e. The standard InChI is InChI=1S/C4H4O4.H4Si/c5-3(6)1-2-4(7)8;/h1-2H,(H,5,6)(H,7,8);1H4/b2-1+;. The van der Waals surface area contributed by atoms with Gasteiger partial charge in [0, 0.05) is 12.2 Å². The third kappa shape index (κ3) is 10.9. The zero-order valence-electron chi connectivity index (χ0n) is 3.87. The van der Waals surface area contributed by atoms with Gasteiger partial charge in [-0.1, -0.05) is 0 Å². The number of rotatable bonds is 2. The second kappa shape index (κ2) is 5.04. The molecule has 0 aromatic carbocycles. The fourth-order valence-corrected chi connectivity index (χ4v) is 0.143. The number of carbonyl (C=O) groups is 2. The Morgan fingerprint density at radius 3 is 1.33 bits per heavy atom. The molecule has 0 radical (unpaired) electrons. The van der Waals surface area contributed by atoms with Crippen LogP contribution >= 0.6 is 0 Å². The molecule has 0 heterocycles. The summed E-state index contributed by atoms with van der Waals surface area (Å²) in [6.07, 6.45) is 1.12. The fourth-order valence-electron chi connectivity index (χ4n) is 0.143. The van der Waals surface area contributed by atoms with Gasteiger partial charge >= 0.3 is 11.9 Å². The summed E-state index contributed by atoms with van der Waals surface area (Å²) in [5.41, 5.74) is 0. The average molecular weight is 148 g/mol. The molecule has 0 aliphatic rings. The molecule has 0 atom stereocenters. The summed E-state index contributed by atoms with van der Waals surface area (Å²) in [6.45, 7) is 0. The molecule has 0 saturated carbocycles. The first-order valence-electron chi connectivity index (χ1n) is 1.77. The van der Waals surface area contributed by atoms with Crippen LogP contribution in [0.4, 0.5) is 0 Å². The van der Waals surface area contributed by atoms with Crippen LogP contribution in [-0.2, 0) is 9.59 Å². The molecule has 9 heavy (non-hydrogen) atoms. The van der Waals surface area contributed by atoms with Gasteiger partial charge in [0.2, 0.25) is 0 Å². The van der Waals surface area contributed by atoms with Crippen molar-refractivity contribution in [1.82, 2.24) is 0 Å². The molecule has 0 bridgehead atoms. The Morgan fingerprint density at radius 2 is 1.22 bits per heavy atom. The molecule has 52 valence electrons. The van der Waals surface area contributed by atoms with E-state index in [0.29, 0.717) is 12.2 Å². The lowest BCUT2D eigenvalue weighted by atomic mass is 10.5. The maximum Gasteiger partial charge on any atom is 0.328 e. The molecule has 0 aromatic heterocycles. The molecule has 5 heteroatoms. The van der Waals surface area contributed by atoms with Gasteiger partial charge in [-0.05, 0) is 11.0 Å². The predicted molar refractivity (Wildman–Crippen MR) is 35.7 cm³/mol. The Kier molecular flexibility index (Phi) is 6.05. The van der Waals surface area contributed by atoms with Crippen molar-refractivity contribution in [3.63, 3.8) is 0 Å². The van der Waals surface area contributed by atoms with E-state index in [1.165, 1.54) is 0 Å². The fraction of sp³-hybridized carbons (Fsp3) is 0.